The van der Waals surface area contributed by atoms with Crippen LogP contribution in [0.15, 0.2) is 0 Å². The Balaban J connectivity index is 3.00. The fourth-order valence-corrected chi connectivity index (χ4v) is 2.21. The fraction of sp³-hybridized carbons (Fsp3) is 0.889. The summed E-state index contributed by atoms with van der Waals surface area (Å²) in [5.41, 5.74) is 0. The maximum atomic E-state index is 10.2. The summed E-state index contributed by atoms with van der Waals surface area (Å²) in [6, 6.07) is 0. The Kier molecular flexibility index (Phi) is 17.1. The van der Waals surface area contributed by atoms with Gasteiger partial charge in [0, 0.05) is 12.8 Å². The van der Waals surface area contributed by atoms with Crippen molar-refractivity contribution in [1.29, 1.82) is 0 Å². The van der Waals surface area contributed by atoms with E-state index in [2.05, 4.69) is 18.8 Å². The molecule has 0 aromatic carbocycles. The third-order valence-electron chi connectivity index (χ3n) is 3.48. The van der Waals surface area contributed by atoms with Gasteiger partial charge in [0.2, 0.25) is 0 Å². The van der Waals surface area contributed by atoms with Crippen LogP contribution >= 0.6 is 0 Å². The molecule has 0 heterocycles. The first kappa shape index (κ1) is 18.5. The Labute approximate surface area is 121 Å². The Morgan fingerprint density at radius 3 is 1.47 bits per heavy atom. The van der Waals surface area contributed by atoms with Crippen LogP contribution in [0.4, 0.5) is 0 Å². The van der Waals surface area contributed by atoms with Crippen molar-refractivity contribution < 1.29 is 5.11 Å². The van der Waals surface area contributed by atoms with Gasteiger partial charge in [0.1, 0.15) is 0 Å². The topological polar surface area (TPSA) is 19.9 Å². The van der Waals surface area contributed by atoms with Crippen molar-refractivity contribution in [1.82, 2.24) is 0 Å². The molecule has 19 heavy (non-hydrogen) atoms. The quantitative estimate of drug-likeness (QED) is 0.292. The minimum Gasteiger partial charge on any atom is -0.237 e. The molecule has 0 atom stereocenters. The van der Waals surface area contributed by atoms with Gasteiger partial charge in [-0.3, -0.25) is 0 Å². The van der Waals surface area contributed by atoms with Gasteiger partial charge in [-0.25, -0.2) is 5.11 Å². The Bertz CT molecular complexity index is 211. The molecule has 0 aromatic rings. The molecule has 0 amide bonds. The van der Waals surface area contributed by atoms with Gasteiger partial charge in [0.15, 0.2) is 0 Å². The van der Waals surface area contributed by atoms with E-state index >= 15 is 0 Å². The van der Waals surface area contributed by atoms with Crippen molar-refractivity contribution in [3.63, 3.8) is 0 Å². The SMILES string of the molecule is CCCCCCCCCCCCCC#CCCC[O]. The van der Waals surface area contributed by atoms with E-state index in [1.54, 1.807) is 0 Å². The second-order valence-electron chi connectivity index (χ2n) is 5.45. The molecule has 1 radical (unpaired) electrons. The lowest BCUT2D eigenvalue weighted by atomic mass is 10.1. The van der Waals surface area contributed by atoms with Gasteiger partial charge in [-0.1, -0.05) is 71.1 Å². The summed E-state index contributed by atoms with van der Waals surface area (Å²) in [4.78, 5) is 0. The van der Waals surface area contributed by atoms with Crippen LogP contribution in [0.25, 0.3) is 0 Å². The molecule has 0 saturated carbocycles. The van der Waals surface area contributed by atoms with Crippen LogP contribution in [0.2, 0.25) is 0 Å². The first-order valence-electron chi connectivity index (χ1n) is 8.45. The van der Waals surface area contributed by atoms with Crippen LogP contribution in [-0.4, -0.2) is 6.61 Å². The van der Waals surface area contributed by atoms with Gasteiger partial charge in [0.05, 0.1) is 6.61 Å². The fourth-order valence-electron chi connectivity index (χ4n) is 2.21. The summed E-state index contributed by atoms with van der Waals surface area (Å²) >= 11 is 0. The zero-order valence-electron chi connectivity index (χ0n) is 13.0. The molecular weight excluding hydrogens is 232 g/mol. The summed E-state index contributed by atoms with van der Waals surface area (Å²) in [5.74, 6) is 6.23. The van der Waals surface area contributed by atoms with Crippen LogP contribution in [-0.2, 0) is 5.11 Å². The highest BCUT2D eigenvalue weighted by atomic mass is 16.2. The van der Waals surface area contributed by atoms with Crippen molar-refractivity contribution >= 4 is 0 Å². The van der Waals surface area contributed by atoms with Gasteiger partial charge in [0.25, 0.3) is 0 Å². The minimum atomic E-state index is 0.0210. The summed E-state index contributed by atoms with van der Waals surface area (Å²) in [7, 11) is 0. The van der Waals surface area contributed by atoms with Crippen molar-refractivity contribution in [3.05, 3.63) is 0 Å². The van der Waals surface area contributed by atoms with E-state index in [1.165, 1.54) is 70.6 Å². The molecule has 0 aromatic heterocycles. The smallest absolute Gasteiger partial charge is 0.0831 e. The Hall–Kier alpha value is -0.480. The van der Waals surface area contributed by atoms with Gasteiger partial charge >= 0.3 is 0 Å². The molecule has 1 nitrogen and oxygen atoms in total. The van der Waals surface area contributed by atoms with E-state index in [0.717, 1.165) is 12.8 Å². The predicted molar refractivity (Wildman–Crippen MR) is 83.6 cm³/mol. The lowest BCUT2D eigenvalue weighted by Gasteiger charge is -2.01. The normalized spacial score (nSPS) is 10.2. The van der Waals surface area contributed by atoms with E-state index in [0.29, 0.717) is 6.42 Å². The van der Waals surface area contributed by atoms with Crippen LogP contribution in [0.3, 0.4) is 0 Å². The zero-order valence-corrected chi connectivity index (χ0v) is 13.0. The highest BCUT2D eigenvalue weighted by Gasteiger charge is 1.92. The lowest BCUT2D eigenvalue weighted by Crippen LogP contribution is -1.82. The predicted octanol–water partition coefficient (Wildman–Crippen LogP) is 5.90. The first-order valence-corrected chi connectivity index (χ1v) is 8.45. The Morgan fingerprint density at radius 1 is 0.579 bits per heavy atom. The number of hydrogen-bond donors (Lipinski definition) is 0. The summed E-state index contributed by atoms with van der Waals surface area (Å²) < 4.78 is 0. The van der Waals surface area contributed by atoms with Crippen molar-refractivity contribution in [2.24, 2.45) is 0 Å². The molecule has 0 aliphatic rings. The number of rotatable bonds is 13. The van der Waals surface area contributed by atoms with E-state index < -0.39 is 0 Å². The highest BCUT2D eigenvalue weighted by molar-refractivity contribution is 4.98. The standard InChI is InChI=1S/C18H33O/c1-2-3-4-5-6-7-8-9-10-11-12-13-14-15-16-17-18-19/h2-13,16-18H2,1H3. The number of unbranched alkanes of at least 4 members (excludes halogenated alkanes) is 12. The molecule has 0 rings (SSSR count). The van der Waals surface area contributed by atoms with Crippen LogP contribution in [0, 0.1) is 11.8 Å². The first-order chi connectivity index (χ1) is 9.41. The maximum Gasteiger partial charge on any atom is 0.0831 e. The zero-order chi connectivity index (χ0) is 14.0. The van der Waals surface area contributed by atoms with Crippen molar-refractivity contribution in [3.8, 4) is 11.8 Å². The van der Waals surface area contributed by atoms with E-state index in [-0.39, 0.29) is 6.61 Å². The van der Waals surface area contributed by atoms with Crippen LogP contribution < -0.4 is 0 Å². The van der Waals surface area contributed by atoms with Crippen molar-refractivity contribution in [2.75, 3.05) is 6.61 Å². The Morgan fingerprint density at radius 2 is 1.00 bits per heavy atom. The molecule has 0 aliphatic carbocycles. The van der Waals surface area contributed by atoms with Gasteiger partial charge in [-0.05, 0) is 12.8 Å². The van der Waals surface area contributed by atoms with Crippen LogP contribution in [0.1, 0.15) is 96.8 Å². The van der Waals surface area contributed by atoms with Gasteiger partial charge in [-0.2, -0.15) is 0 Å². The third kappa shape index (κ3) is 17.5. The van der Waals surface area contributed by atoms with Gasteiger partial charge < -0.3 is 0 Å². The van der Waals surface area contributed by atoms with E-state index in [4.69, 9.17) is 0 Å². The highest BCUT2D eigenvalue weighted by Crippen LogP contribution is 2.11. The molecule has 0 saturated heterocycles. The second-order valence-corrected chi connectivity index (χ2v) is 5.45. The molecule has 1 heteroatoms. The molecule has 0 unspecified atom stereocenters. The molecule has 0 spiro atoms. The van der Waals surface area contributed by atoms with Gasteiger partial charge in [-0.15, -0.1) is 11.8 Å². The third-order valence-corrected chi connectivity index (χ3v) is 3.48. The van der Waals surface area contributed by atoms with Crippen LogP contribution in [0.5, 0.6) is 0 Å². The molecule has 0 N–H and O–H groups in total. The largest absolute Gasteiger partial charge is 0.237 e. The molecule has 0 bridgehead atoms. The second kappa shape index (κ2) is 17.5. The maximum absolute atomic E-state index is 10.2. The van der Waals surface area contributed by atoms with Crippen molar-refractivity contribution in [2.45, 2.75) is 96.8 Å². The van der Waals surface area contributed by atoms with E-state index in [1.807, 2.05) is 0 Å². The molecule has 111 valence electrons. The molecule has 0 fully saturated rings. The molecular formula is C18H33O. The average molecular weight is 265 g/mol. The minimum absolute atomic E-state index is 0.0210. The molecule has 0 aliphatic heterocycles. The monoisotopic (exact) mass is 265 g/mol. The lowest BCUT2D eigenvalue weighted by molar-refractivity contribution is 0.190. The summed E-state index contributed by atoms with van der Waals surface area (Å²) in [5, 5.41) is 10.2. The summed E-state index contributed by atoms with van der Waals surface area (Å²) in [6.45, 7) is 2.29. The average Bonchev–Trinajstić information content (AvgIpc) is 2.43. The number of hydrogen-bond acceptors (Lipinski definition) is 0. The summed E-state index contributed by atoms with van der Waals surface area (Å²) in [6.07, 6.45) is 17.8. The van der Waals surface area contributed by atoms with E-state index in [9.17, 15) is 5.11 Å².